The predicted molar refractivity (Wildman–Crippen MR) is 113 cm³/mol. The summed E-state index contributed by atoms with van der Waals surface area (Å²) < 4.78 is 22.6. The van der Waals surface area contributed by atoms with E-state index in [0.29, 0.717) is 42.6 Å². The van der Waals surface area contributed by atoms with Crippen LogP contribution in [0.2, 0.25) is 0 Å². The van der Waals surface area contributed by atoms with Gasteiger partial charge in [0.1, 0.15) is 0 Å². The highest BCUT2D eigenvalue weighted by atomic mass is 16.6. The van der Waals surface area contributed by atoms with Gasteiger partial charge in [0.25, 0.3) is 5.91 Å². The number of hydrogen-bond donors (Lipinski definition) is 0. The fourth-order valence-corrected chi connectivity index (χ4v) is 2.80. The second-order valence-corrected chi connectivity index (χ2v) is 6.53. The fraction of sp³-hybridized carbons (Fsp3) is 0.391. The quantitative estimate of drug-likeness (QED) is 0.549. The normalized spacial score (nSPS) is 11.4. The third-order valence-corrected chi connectivity index (χ3v) is 4.14. The zero-order valence-electron chi connectivity index (χ0n) is 18.1. The molecule has 0 aliphatic carbocycles. The maximum atomic E-state index is 13.0. The Kier molecular flexibility index (Phi) is 8.53. The summed E-state index contributed by atoms with van der Waals surface area (Å²) in [6.07, 6.45) is -1.06. The molecule has 0 saturated heterocycles. The van der Waals surface area contributed by atoms with Crippen LogP contribution in [0.15, 0.2) is 42.5 Å². The van der Waals surface area contributed by atoms with Gasteiger partial charge in [0, 0.05) is 19.7 Å². The Hall–Kier alpha value is -3.22. The molecule has 30 heavy (non-hydrogen) atoms. The molecule has 0 unspecified atom stereocenters. The summed E-state index contributed by atoms with van der Waals surface area (Å²) in [5.41, 5.74) is 0.795. The van der Waals surface area contributed by atoms with E-state index >= 15 is 0 Å². The first kappa shape index (κ1) is 23.1. The molecule has 0 N–H and O–H groups in total. The van der Waals surface area contributed by atoms with Crippen LogP contribution in [-0.4, -0.2) is 50.7 Å². The molecule has 0 bridgehead atoms. The van der Waals surface area contributed by atoms with E-state index in [4.69, 9.17) is 18.9 Å². The minimum Gasteiger partial charge on any atom is -0.490 e. The summed E-state index contributed by atoms with van der Waals surface area (Å²) >= 11 is 0. The molecule has 0 aliphatic heterocycles. The van der Waals surface area contributed by atoms with Crippen molar-refractivity contribution in [3.8, 4) is 17.2 Å². The van der Waals surface area contributed by atoms with Gasteiger partial charge in [-0.05, 0) is 32.9 Å². The molecule has 0 heterocycles. The van der Waals surface area contributed by atoms with Crippen LogP contribution in [-0.2, 0) is 9.53 Å². The highest BCUT2D eigenvalue weighted by Gasteiger charge is 2.28. The number of rotatable bonds is 10. The van der Waals surface area contributed by atoms with Crippen LogP contribution in [0.3, 0.4) is 0 Å². The second kappa shape index (κ2) is 11.1. The van der Waals surface area contributed by atoms with E-state index in [1.807, 2.05) is 26.8 Å². The maximum Gasteiger partial charge on any atom is 0.339 e. The zero-order chi connectivity index (χ0) is 22.1. The minimum absolute atomic E-state index is 0.206. The van der Waals surface area contributed by atoms with Gasteiger partial charge >= 0.3 is 5.97 Å². The molecule has 0 aliphatic rings. The summed E-state index contributed by atoms with van der Waals surface area (Å²) in [5, 5.41) is 0. The summed E-state index contributed by atoms with van der Waals surface area (Å²) in [6.45, 7) is 6.71. The number of hydrogen-bond acceptors (Lipinski definition) is 6. The van der Waals surface area contributed by atoms with Crippen molar-refractivity contribution >= 4 is 11.9 Å². The molecule has 2 rings (SSSR count). The lowest BCUT2D eigenvalue weighted by Crippen LogP contribution is -2.31. The monoisotopic (exact) mass is 415 g/mol. The highest BCUT2D eigenvalue weighted by Crippen LogP contribution is 2.39. The van der Waals surface area contributed by atoms with Crippen molar-refractivity contribution in [2.24, 2.45) is 0 Å². The third-order valence-electron chi connectivity index (χ3n) is 4.14. The number of carbonyl (C=O) groups excluding carboxylic acids is 2. The summed E-state index contributed by atoms with van der Waals surface area (Å²) in [6, 6.07) is 12.0. The first-order valence-electron chi connectivity index (χ1n) is 9.96. The van der Waals surface area contributed by atoms with E-state index in [0.717, 1.165) is 0 Å². The molecule has 0 spiro atoms. The average molecular weight is 415 g/mol. The van der Waals surface area contributed by atoms with Crippen molar-refractivity contribution in [3.05, 3.63) is 53.6 Å². The van der Waals surface area contributed by atoms with Crippen molar-refractivity contribution in [1.29, 1.82) is 0 Å². The highest BCUT2D eigenvalue weighted by molar-refractivity contribution is 5.94. The molecular weight excluding hydrogens is 386 g/mol. The second-order valence-electron chi connectivity index (χ2n) is 6.53. The predicted octanol–water partition coefficient (Wildman–Crippen LogP) is 3.87. The number of esters is 1. The minimum atomic E-state index is -1.06. The largest absolute Gasteiger partial charge is 0.490 e. The van der Waals surface area contributed by atoms with E-state index in [2.05, 4.69) is 0 Å². The number of amides is 1. The van der Waals surface area contributed by atoms with Crippen molar-refractivity contribution < 1.29 is 28.5 Å². The Bertz CT molecular complexity index is 823. The van der Waals surface area contributed by atoms with Crippen LogP contribution in [0, 0.1) is 0 Å². The van der Waals surface area contributed by atoms with Crippen LogP contribution < -0.4 is 14.2 Å². The number of ether oxygens (including phenoxy) is 4. The smallest absolute Gasteiger partial charge is 0.339 e. The zero-order valence-corrected chi connectivity index (χ0v) is 18.1. The van der Waals surface area contributed by atoms with E-state index in [9.17, 15) is 9.59 Å². The summed E-state index contributed by atoms with van der Waals surface area (Å²) in [4.78, 5) is 27.0. The van der Waals surface area contributed by atoms with E-state index in [1.165, 1.54) is 4.90 Å². The van der Waals surface area contributed by atoms with Crippen LogP contribution in [0.1, 0.15) is 42.8 Å². The molecule has 2 aromatic rings. The molecule has 0 aromatic heterocycles. The lowest BCUT2D eigenvalue weighted by atomic mass is 10.1. The van der Waals surface area contributed by atoms with Crippen LogP contribution in [0.5, 0.6) is 17.2 Å². The molecule has 0 radical (unpaired) electrons. The number of likely N-dealkylation sites (N-methyl/N-ethyl adjacent to an activating group) is 1. The van der Waals surface area contributed by atoms with Gasteiger partial charge in [-0.2, -0.15) is 0 Å². The fourth-order valence-electron chi connectivity index (χ4n) is 2.80. The Balaban J connectivity index is 2.43. The maximum absolute atomic E-state index is 13.0. The molecule has 162 valence electrons. The third kappa shape index (κ3) is 5.65. The number of benzene rings is 2. The van der Waals surface area contributed by atoms with Gasteiger partial charge in [-0.25, -0.2) is 4.79 Å². The van der Waals surface area contributed by atoms with Gasteiger partial charge in [-0.15, -0.1) is 0 Å². The van der Waals surface area contributed by atoms with Crippen molar-refractivity contribution in [3.63, 3.8) is 0 Å². The van der Waals surface area contributed by atoms with Crippen LogP contribution >= 0.6 is 0 Å². The lowest BCUT2D eigenvalue weighted by Gasteiger charge is -2.22. The summed E-state index contributed by atoms with van der Waals surface area (Å²) in [7, 11) is 3.23. The molecule has 1 amide bonds. The lowest BCUT2D eigenvalue weighted by molar-refractivity contribution is -0.138. The first-order chi connectivity index (χ1) is 14.4. The molecule has 0 fully saturated rings. The van der Waals surface area contributed by atoms with E-state index in [1.54, 1.807) is 50.5 Å². The SMILES string of the molecule is CCOc1cc(C(=O)O[C@@H](C(=O)N(C)C)c2ccccc2)cc(OCC)c1OCC. The Labute approximate surface area is 177 Å². The van der Waals surface area contributed by atoms with Gasteiger partial charge in [0.05, 0.1) is 25.4 Å². The topological polar surface area (TPSA) is 74.3 Å². The molecular formula is C23H29NO6. The van der Waals surface area contributed by atoms with E-state index in [-0.39, 0.29) is 11.5 Å². The van der Waals surface area contributed by atoms with Gasteiger partial charge in [-0.3, -0.25) is 4.79 Å². The Morgan fingerprint density at radius 2 is 1.40 bits per heavy atom. The van der Waals surface area contributed by atoms with Crippen LogP contribution in [0.25, 0.3) is 0 Å². The number of nitrogens with zero attached hydrogens (tertiary/aromatic N) is 1. The van der Waals surface area contributed by atoms with Gasteiger partial charge in [-0.1, -0.05) is 30.3 Å². The van der Waals surface area contributed by atoms with Crippen molar-refractivity contribution in [1.82, 2.24) is 4.90 Å². The van der Waals surface area contributed by atoms with Crippen molar-refractivity contribution in [2.45, 2.75) is 26.9 Å². The number of carbonyl (C=O) groups is 2. The van der Waals surface area contributed by atoms with Crippen LogP contribution in [0.4, 0.5) is 0 Å². The molecule has 2 aromatic carbocycles. The molecule has 7 nitrogen and oxygen atoms in total. The molecule has 1 atom stereocenters. The standard InChI is InChI=1S/C23H29NO6/c1-6-27-18-14-17(15-19(28-7-2)21(18)29-8-3)23(26)30-20(22(25)24(4)5)16-12-10-9-11-13-16/h9-15,20H,6-8H2,1-5H3/t20-/m1/s1. The molecule has 0 saturated carbocycles. The first-order valence-corrected chi connectivity index (χ1v) is 9.96. The van der Waals surface area contributed by atoms with E-state index < -0.39 is 12.1 Å². The summed E-state index contributed by atoms with van der Waals surface area (Å²) in [5.74, 6) is 0.196. The Morgan fingerprint density at radius 3 is 1.87 bits per heavy atom. The van der Waals surface area contributed by atoms with Gasteiger partial charge in [0.2, 0.25) is 11.9 Å². The van der Waals surface area contributed by atoms with Gasteiger partial charge < -0.3 is 23.8 Å². The van der Waals surface area contributed by atoms with Gasteiger partial charge in [0.15, 0.2) is 11.5 Å². The average Bonchev–Trinajstić information content (AvgIpc) is 2.74. The van der Waals surface area contributed by atoms with Crippen molar-refractivity contribution in [2.75, 3.05) is 33.9 Å². The Morgan fingerprint density at radius 1 is 0.867 bits per heavy atom. The molecule has 7 heteroatoms.